The van der Waals surface area contributed by atoms with E-state index in [1.807, 2.05) is 6.20 Å². The Morgan fingerprint density at radius 2 is 2.39 bits per heavy atom. The average Bonchev–Trinajstić information content (AvgIpc) is 2.86. The largest absolute Gasteiger partial charge is 0.316 e. The summed E-state index contributed by atoms with van der Waals surface area (Å²) in [7, 11) is 0. The number of rotatable bonds is 6. The number of nitrogens with one attached hydrogen (secondary N) is 1. The molecule has 1 N–H and O–H groups in total. The molecule has 2 rings (SSSR count). The van der Waals surface area contributed by atoms with Crippen LogP contribution in [0.25, 0.3) is 0 Å². The summed E-state index contributed by atoms with van der Waals surface area (Å²) in [5, 5.41) is 7.85. The summed E-state index contributed by atoms with van der Waals surface area (Å²) in [6, 6.07) is 2.14. The third kappa shape index (κ3) is 3.56. The van der Waals surface area contributed by atoms with Crippen LogP contribution in [0.4, 0.5) is 0 Å². The lowest BCUT2D eigenvalue weighted by molar-refractivity contribution is 0.205. The molecular formula is C14H26N4. The zero-order chi connectivity index (χ0) is 12.8. The second-order valence-corrected chi connectivity index (χ2v) is 5.18. The molecule has 0 aromatic carbocycles. The highest BCUT2D eigenvalue weighted by Crippen LogP contribution is 2.13. The maximum absolute atomic E-state index is 4.35. The zero-order valence-corrected chi connectivity index (χ0v) is 11.7. The number of hydrogen-bond donors (Lipinski definition) is 1. The molecule has 0 bridgehead atoms. The Morgan fingerprint density at radius 1 is 1.50 bits per heavy atom. The monoisotopic (exact) mass is 250 g/mol. The molecule has 4 heteroatoms. The molecule has 0 aliphatic carbocycles. The van der Waals surface area contributed by atoms with Gasteiger partial charge in [-0.3, -0.25) is 9.58 Å². The van der Waals surface area contributed by atoms with Crippen molar-refractivity contribution in [1.29, 1.82) is 0 Å². The van der Waals surface area contributed by atoms with Crippen molar-refractivity contribution in [2.24, 2.45) is 5.92 Å². The van der Waals surface area contributed by atoms with Crippen molar-refractivity contribution in [1.82, 2.24) is 20.0 Å². The van der Waals surface area contributed by atoms with Gasteiger partial charge in [0.05, 0.1) is 5.69 Å². The molecule has 1 atom stereocenters. The van der Waals surface area contributed by atoms with E-state index in [0.717, 1.165) is 25.6 Å². The first-order valence-corrected chi connectivity index (χ1v) is 7.27. The van der Waals surface area contributed by atoms with Crippen molar-refractivity contribution in [3.05, 3.63) is 18.0 Å². The van der Waals surface area contributed by atoms with Crippen molar-refractivity contribution < 1.29 is 0 Å². The first-order chi connectivity index (χ1) is 8.83. The minimum atomic E-state index is 0.816. The molecule has 1 aromatic heterocycles. The van der Waals surface area contributed by atoms with Gasteiger partial charge in [0.1, 0.15) is 0 Å². The average molecular weight is 250 g/mol. The molecule has 4 nitrogen and oxygen atoms in total. The lowest BCUT2D eigenvalue weighted by Gasteiger charge is -2.29. The third-order valence-electron chi connectivity index (χ3n) is 3.85. The standard InChI is InChI=1S/C14H26N4/c1-3-17(11-13-6-5-8-15-10-13)12-14-7-9-16-18(14)4-2/h7,9,13,15H,3-6,8,10-12H2,1-2H3. The number of aromatic nitrogens is 2. The Hall–Kier alpha value is -0.870. The molecule has 1 aliphatic heterocycles. The van der Waals surface area contributed by atoms with Crippen LogP contribution >= 0.6 is 0 Å². The van der Waals surface area contributed by atoms with E-state index in [1.54, 1.807) is 0 Å². The molecule has 1 fully saturated rings. The lowest BCUT2D eigenvalue weighted by atomic mass is 9.99. The predicted octanol–water partition coefficient (Wildman–Crippen LogP) is 1.72. The van der Waals surface area contributed by atoms with E-state index in [-0.39, 0.29) is 0 Å². The topological polar surface area (TPSA) is 33.1 Å². The highest BCUT2D eigenvalue weighted by atomic mass is 15.3. The van der Waals surface area contributed by atoms with Crippen LogP contribution in [-0.4, -0.2) is 40.9 Å². The smallest absolute Gasteiger partial charge is 0.0524 e. The molecule has 0 spiro atoms. The van der Waals surface area contributed by atoms with Gasteiger partial charge in [-0.1, -0.05) is 6.92 Å². The summed E-state index contributed by atoms with van der Waals surface area (Å²) in [5.74, 6) is 0.816. The van der Waals surface area contributed by atoms with Crippen LogP contribution < -0.4 is 5.32 Å². The van der Waals surface area contributed by atoms with Crippen molar-refractivity contribution in [3.63, 3.8) is 0 Å². The van der Waals surface area contributed by atoms with Crippen molar-refractivity contribution >= 4 is 0 Å². The van der Waals surface area contributed by atoms with E-state index in [0.29, 0.717) is 0 Å². The summed E-state index contributed by atoms with van der Waals surface area (Å²) >= 11 is 0. The summed E-state index contributed by atoms with van der Waals surface area (Å²) in [4.78, 5) is 2.54. The molecule has 1 unspecified atom stereocenters. The van der Waals surface area contributed by atoms with Gasteiger partial charge < -0.3 is 5.32 Å². The van der Waals surface area contributed by atoms with Gasteiger partial charge in [0.25, 0.3) is 0 Å². The van der Waals surface area contributed by atoms with E-state index >= 15 is 0 Å². The lowest BCUT2D eigenvalue weighted by Crippen LogP contribution is -2.38. The van der Waals surface area contributed by atoms with Gasteiger partial charge >= 0.3 is 0 Å². The molecule has 18 heavy (non-hydrogen) atoms. The van der Waals surface area contributed by atoms with Gasteiger partial charge in [-0.25, -0.2) is 0 Å². The predicted molar refractivity (Wildman–Crippen MR) is 74.4 cm³/mol. The Labute approximate surface area is 110 Å². The van der Waals surface area contributed by atoms with Crippen LogP contribution in [0.5, 0.6) is 0 Å². The Kier molecular flexibility index (Phi) is 5.20. The molecule has 0 saturated carbocycles. The second-order valence-electron chi connectivity index (χ2n) is 5.18. The van der Waals surface area contributed by atoms with Crippen LogP contribution in [0.3, 0.4) is 0 Å². The normalized spacial score (nSPS) is 20.5. The summed E-state index contributed by atoms with van der Waals surface area (Å²) in [5.41, 5.74) is 1.34. The fraction of sp³-hybridized carbons (Fsp3) is 0.786. The summed E-state index contributed by atoms with van der Waals surface area (Å²) in [6.07, 6.45) is 4.61. The minimum Gasteiger partial charge on any atom is -0.316 e. The SMILES string of the molecule is CCN(Cc1ccnn1CC)CC1CCCNC1. The molecule has 0 amide bonds. The van der Waals surface area contributed by atoms with E-state index in [9.17, 15) is 0 Å². The van der Waals surface area contributed by atoms with Crippen molar-refractivity contribution in [2.45, 2.75) is 39.8 Å². The van der Waals surface area contributed by atoms with Crippen LogP contribution in [0.15, 0.2) is 12.3 Å². The summed E-state index contributed by atoms with van der Waals surface area (Å²) in [6.45, 7) is 11.1. The van der Waals surface area contributed by atoms with Gasteiger partial charge in [-0.05, 0) is 51.4 Å². The van der Waals surface area contributed by atoms with Gasteiger partial charge in [-0.15, -0.1) is 0 Å². The van der Waals surface area contributed by atoms with Gasteiger partial charge in [0.15, 0.2) is 0 Å². The molecule has 0 radical (unpaired) electrons. The highest BCUT2D eigenvalue weighted by Gasteiger charge is 2.17. The molecular weight excluding hydrogens is 224 g/mol. The second kappa shape index (κ2) is 6.90. The van der Waals surface area contributed by atoms with Crippen LogP contribution in [0.1, 0.15) is 32.4 Å². The van der Waals surface area contributed by atoms with Crippen LogP contribution in [0, 0.1) is 5.92 Å². The first-order valence-electron chi connectivity index (χ1n) is 7.27. The number of nitrogens with zero attached hydrogens (tertiary/aromatic N) is 3. The van der Waals surface area contributed by atoms with Crippen molar-refractivity contribution in [3.8, 4) is 0 Å². The fourth-order valence-corrected chi connectivity index (χ4v) is 2.76. The third-order valence-corrected chi connectivity index (χ3v) is 3.85. The fourth-order valence-electron chi connectivity index (χ4n) is 2.76. The Bertz CT molecular complexity index is 341. The number of aryl methyl sites for hydroxylation is 1. The maximum atomic E-state index is 4.35. The van der Waals surface area contributed by atoms with E-state index in [1.165, 1.54) is 38.2 Å². The van der Waals surface area contributed by atoms with E-state index in [2.05, 4.69) is 39.9 Å². The summed E-state index contributed by atoms with van der Waals surface area (Å²) < 4.78 is 2.10. The van der Waals surface area contributed by atoms with Crippen LogP contribution in [-0.2, 0) is 13.1 Å². The molecule has 2 heterocycles. The quantitative estimate of drug-likeness (QED) is 0.834. The van der Waals surface area contributed by atoms with Crippen molar-refractivity contribution in [2.75, 3.05) is 26.2 Å². The van der Waals surface area contributed by atoms with Crippen LogP contribution in [0.2, 0.25) is 0 Å². The van der Waals surface area contributed by atoms with E-state index < -0.39 is 0 Å². The number of hydrogen-bond acceptors (Lipinski definition) is 3. The number of piperidine rings is 1. The highest BCUT2D eigenvalue weighted by molar-refractivity contribution is 5.00. The van der Waals surface area contributed by atoms with Gasteiger partial charge in [0, 0.05) is 25.8 Å². The maximum Gasteiger partial charge on any atom is 0.0524 e. The zero-order valence-electron chi connectivity index (χ0n) is 11.7. The minimum absolute atomic E-state index is 0.816. The Balaban J connectivity index is 1.88. The van der Waals surface area contributed by atoms with E-state index in [4.69, 9.17) is 0 Å². The Morgan fingerprint density at radius 3 is 3.06 bits per heavy atom. The van der Waals surface area contributed by atoms with Gasteiger partial charge in [0.2, 0.25) is 0 Å². The van der Waals surface area contributed by atoms with Gasteiger partial charge in [-0.2, -0.15) is 5.10 Å². The first kappa shape index (κ1) is 13.6. The molecule has 1 saturated heterocycles. The molecule has 1 aliphatic rings. The molecule has 102 valence electrons. The molecule has 1 aromatic rings.